The topological polar surface area (TPSA) is 80.0 Å². The quantitative estimate of drug-likeness (QED) is 0.893. The Morgan fingerprint density at radius 2 is 2.23 bits per heavy atom. The van der Waals surface area contributed by atoms with Gasteiger partial charge in [0, 0.05) is 12.1 Å². The molecule has 0 bridgehead atoms. The first-order valence-corrected chi connectivity index (χ1v) is 7.18. The lowest BCUT2D eigenvalue weighted by Crippen LogP contribution is -2.41. The number of carbonyl (C=O) groups is 1. The van der Waals surface area contributed by atoms with Gasteiger partial charge in [-0.1, -0.05) is 6.07 Å². The third-order valence-corrected chi connectivity index (χ3v) is 3.90. The molecule has 0 saturated heterocycles. The van der Waals surface area contributed by atoms with Gasteiger partial charge in [-0.05, 0) is 31.4 Å². The van der Waals surface area contributed by atoms with E-state index in [0.717, 1.165) is 11.8 Å². The minimum atomic E-state index is -0.422. The van der Waals surface area contributed by atoms with Gasteiger partial charge in [0.25, 0.3) is 0 Å². The Morgan fingerprint density at radius 1 is 1.45 bits per heavy atom. The molecule has 0 aromatic carbocycles. The van der Waals surface area contributed by atoms with Crippen molar-refractivity contribution < 1.29 is 14.3 Å². The number of carbonyl (C=O) groups excluding carboxylic acids is 1. The molecule has 1 atom stereocenters. The van der Waals surface area contributed by atoms with E-state index in [4.69, 9.17) is 0 Å². The first kappa shape index (κ1) is 14.6. The summed E-state index contributed by atoms with van der Waals surface area (Å²) in [7, 11) is 0. The molecule has 2 aromatic heterocycles. The van der Waals surface area contributed by atoms with Gasteiger partial charge in [-0.25, -0.2) is 14.1 Å². The van der Waals surface area contributed by atoms with Crippen LogP contribution in [-0.2, 0) is 4.79 Å². The minimum absolute atomic E-state index is 0.0453. The van der Waals surface area contributed by atoms with Crippen LogP contribution in [-0.4, -0.2) is 31.9 Å². The summed E-state index contributed by atoms with van der Waals surface area (Å²) in [6.45, 7) is 1.87. The number of halogens is 1. The molecule has 2 N–H and O–H groups in total. The average molecular weight is 304 g/mol. The lowest BCUT2D eigenvalue weighted by Gasteiger charge is -2.31. The van der Waals surface area contributed by atoms with Crippen molar-refractivity contribution >= 4 is 5.91 Å². The first-order chi connectivity index (χ1) is 10.5. The molecule has 0 radical (unpaired) electrons. The molecule has 22 heavy (non-hydrogen) atoms. The van der Waals surface area contributed by atoms with E-state index in [1.807, 2.05) is 13.0 Å². The second kappa shape index (κ2) is 5.84. The molecule has 3 rings (SSSR count). The van der Waals surface area contributed by atoms with Crippen LogP contribution in [0.25, 0.3) is 5.82 Å². The zero-order valence-electron chi connectivity index (χ0n) is 12.1. The monoisotopic (exact) mass is 304 g/mol. The van der Waals surface area contributed by atoms with Crippen LogP contribution in [0.4, 0.5) is 4.39 Å². The fourth-order valence-electron chi connectivity index (χ4n) is 2.43. The second-order valence-corrected chi connectivity index (χ2v) is 5.61. The highest BCUT2D eigenvalue weighted by molar-refractivity contribution is 5.80. The molecular formula is C15H17FN4O2. The molecule has 0 spiro atoms. The summed E-state index contributed by atoms with van der Waals surface area (Å²) in [5, 5.41) is 16.0. The van der Waals surface area contributed by atoms with E-state index >= 15 is 0 Å². The molecule has 6 nitrogen and oxygen atoms in total. The smallest absolute Gasteiger partial charge is 0.223 e. The molecule has 116 valence electrons. The lowest BCUT2D eigenvalue weighted by atomic mass is 9.81. The number of nitrogens with one attached hydrogen (secondary N) is 1. The van der Waals surface area contributed by atoms with Gasteiger partial charge >= 0.3 is 0 Å². The summed E-state index contributed by atoms with van der Waals surface area (Å²) in [5.74, 6) is -0.0600. The van der Waals surface area contributed by atoms with E-state index in [-0.39, 0.29) is 24.0 Å². The van der Waals surface area contributed by atoms with E-state index in [1.165, 1.54) is 10.9 Å². The molecule has 1 aliphatic carbocycles. The second-order valence-electron chi connectivity index (χ2n) is 5.61. The van der Waals surface area contributed by atoms with Crippen LogP contribution in [0, 0.1) is 11.7 Å². The fourth-order valence-corrected chi connectivity index (χ4v) is 2.43. The largest absolute Gasteiger partial charge is 0.393 e. The number of hydrogen-bond acceptors (Lipinski definition) is 4. The third-order valence-electron chi connectivity index (χ3n) is 3.90. The summed E-state index contributed by atoms with van der Waals surface area (Å²) >= 11 is 0. The summed E-state index contributed by atoms with van der Waals surface area (Å²) in [6.07, 6.45) is 4.71. The highest BCUT2D eigenvalue weighted by Gasteiger charge is 2.33. The van der Waals surface area contributed by atoms with Crippen LogP contribution in [0.15, 0.2) is 30.7 Å². The van der Waals surface area contributed by atoms with Crippen molar-refractivity contribution in [2.24, 2.45) is 5.92 Å². The van der Waals surface area contributed by atoms with Crippen molar-refractivity contribution in [1.82, 2.24) is 20.1 Å². The van der Waals surface area contributed by atoms with Crippen LogP contribution in [0.3, 0.4) is 0 Å². The Hall–Kier alpha value is -2.28. The third kappa shape index (κ3) is 2.99. The zero-order valence-corrected chi connectivity index (χ0v) is 12.1. The lowest BCUT2D eigenvalue weighted by molar-refractivity contribution is -0.132. The number of hydrogen-bond donors (Lipinski definition) is 2. The highest BCUT2D eigenvalue weighted by Crippen LogP contribution is 2.28. The molecular weight excluding hydrogens is 287 g/mol. The van der Waals surface area contributed by atoms with E-state index in [9.17, 15) is 14.3 Å². The standard InChI is InChI=1S/C15H17FN4O2/c1-9(19-15(22)11-4-13(21)5-11)10-2-3-14(17-6-10)20-8-12(16)7-18-20/h2-3,6-9,11,13,21H,4-5H2,1H3,(H,19,22). The van der Waals surface area contributed by atoms with Gasteiger partial charge < -0.3 is 10.4 Å². The van der Waals surface area contributed by atoms with Crippen molar-refractivity contribution in [3.63, 3.8) is 0 Å². The molecule has 1 saturated carbocycles. The Balaban J connectivity index is 1.63. The molecule has 2 heterocycles. The number of aliphatic hydroxyl groups is 1. The number of aromatic nitrogens is 3. The summed E-state index contributed by atoms with van der Waals surface area (Å²) in [4.78, 5) is 16.2. The normalized spacial score (nSPS) is 22.0. The average Bonchev–Trinajstić information content (AvgIpc) is 2.90. The van der Waals surface area contributed by atoms with Gasteiger partial charge in [-0.15, -0.1) is 0 Å². The molecule has 2 aromatic rings. The van der Waals surface area contributed by atoms with Crippen molar-refractivity contribution in [2.75, 3.05) is 0 Å². The predicted octanol–water partition coefficient (Wildman–Crippen LogP) is 1.35. The zero-order chi connectivity index (χ0) is 15.7. The molecule has 1 amide bonds. The Kier molecular flexibility index (Phi) is 3.89. The van der Waals surface area contributed by atoms with E-state index in [0.29, 0.717) is 18.7 Å². The SMILES string of the molecule is CC(NC(=O)C1CC(O)C1)c1ccc(-n2cc(F)cn2)nc1. The molecule has 1 unspecified atom stereocenters. The van der Waals surface area contributed by atoms with Gasteiger partial charge in [0.2, 0.25) is 5.91 Å². The number of rotatable bonds is 4. The highest BCUT2D eigenvalue weighted by atomic mass is 19.1. The molecule has 1 aliphatic rings. The van der Waals surface area contributed by atoms with Crippen molar-refractivity contribution in [3.8, 4) is 5.82 Å². The van der Waals surface area contributed by atoms with Gasteiger partial charge in [0.05, 0.1) is 24.5 Å². The van der Waals surface area contributed by atoms with Crippen LogP contribution in [0.1, 0.15) is 31.4 Å². The van der Waals surface area contributed by atoms with E-state index < -0.39 is 5.82 Å². The van der Waals surface area contributed by atoms with Gasteiger partial charge in [0.15, 0.2) is 11.6 Å². The maximum absolute atomic E-state index is 12.9. The van der Waals surface area contributed by atoms with Gasteiger partial charge in [-0.3, -0.25) is 4.79 Å². The van der Waals surface area contributed by atoms with Crippen LogP contribution >= 0.6 is 0 Å². The van der Waals surface area contributed by atoms with E-state index in [1.54, 1.807) is 12.3 Å². The maximum atomic E-state index is 12.9. The van der Waals surface area contributed by atoms with Crippen molar-refractivity contribution in [1.29, 1.82) is 0 Å². The Labute approximate surface area is 127 Å². The Bertz CT molecular complexity index is 664. The first-order valence-electron chi connectivity index (χ1n) is 7.18. The summed E-state index contributed by atoms with van der Waals surface area (Å²) in [6, 6.07) is 3.36. The number of amides is 1. The van der Waals surface area contributed by atoms with Crippen LogP contribution in [0.5, 0.6) is 0 Å². The van der Waals surface area contributed by atoms with Gasteiger partial charge in [-0.2, -0.15) is 5.10 Å². The van der Waals surface area contributed by atoms with Crippen molar-refractivity contribution in [2.45, 2.75) is 31.9 Å². The van der Waals surface area contributed by atoms with Crippen LogP contribution in [0.2, 0.25) is 0 Å². The number of pyridine rings is 1. The summed E-state index contributed by atoms with van der Waals surface area (Å²) in [5.41, 5.74) is 0.851. The van der Waals surface area contributed by atoms with Crippen molar-refractivity contribution in [3.05, 3.63) is 42.1 Å². The molecule has 1 fully saturated rings. The van der Waals surface area contributed by atoms with Crippen LogP contribution < -0.4 is 5.32 Å². The number of aliphatic hydroxyl groups excluding tert-OH is 1. The van der Waals surface area contributed by atoms with E-state index in [2.05, 4.69) is 15.4 Å². The minimum Gasteiger partial charge on any atom is -0.393 e. The summed E-state index contributed by atoms with van der Waals surface area (Å²) < 4.78 is 14.3. The predicted molar refractivity (Wildman–Crippen MR) is 76.6 cm³/mol. The Morgan fingerprint density at radius 3 is 2.77 bits per heavy atom. The molecule has 7 heteroatoms. The molecule has 0 aliphatic heterocycles. The number of nitrogens with zero attached hydrogens (tertiary/aromatic N) is 3. The maximum Gasteiger partial charge on any atom is 0.223 e. The fraction of sp³-hybridized carbons (Fsp3) is 0.400. The van der Waals surface area contributed by atoms with Gasteiger partial charge in [0.1, 0.15) is 0 Å².